The van der Waals surface area contributed by atoms with Crippen molar-refractivity contribution in [2.45, 2.75) is 59.8 Å². The maximum absolute atomic E-state index is 12.2. The van der Waals surface area contributed by atoms with Gasteiger partial charge in [0.15, 0.2) is 0 Å². The maximum Gasteiger partial charge on any atom is 0.311 e. The molecule has 1 rings (SSSR count). The maximum atomic E-state index is 12.2. The van der Waals surface area contributed by atoms with E-state index in [4.69, 9.17) is 9.84 Å². The molecule has 0 aliphatic carbocycles. The van der Waals surface area contributed by atoms with Crippen LogP contribution in [-0.2, 0) is 15.0 Å². The van der Waals surface area contributed by atoms with E-state index in [0.717, 1.165) is 5.56 Å². The molecule has 0 fully saturated rings. The molecule has 0 saturated carbocycles. The summed E-state index contributed by atoms with van der Waals surface area (Å²) in [5.41, 5.74) is 0.221. The Bertz CT molecular complexity index is 570. The molecule has 0 spiro atoms. The van der Waals surface area contributed by atoms with Gasteiger partial charge in [-0.25, -0.2) is 0 Å². The number of aliphatic carboxylic acids is 1. The van der Waals surface area contributed by atoms with Gasteiger partial charge in [-0.3, -0.25) is 9.59 Å². The smallest absolute Gasteiger partial charge is 0.311 e. The molecule has 0 aliphatic heterocycles. The van der Waals surface area contributed by atoms with Crippen LogP contribution in [0.15, 0.2) is 24.3 Å². The Morgan fingerprint density at radius 3 is 2.17 bits per heavy atom. The zero-order valence-corrected chi connectivity index (χ0v) is 15.0. The standard InChI is InChI=1S/C19H28O4/c1-13(2)19(5,6)14-9-7-8-10-15(14)23-17(22)12-18(3,4)11-16(20)21/h7-10,13H,11-12H2,1-6H3,(H,20,21). The van der Waals surface area contributed by atoms with Crippen molar-refractivity contribution < 1.29 is 19.4 Å². The van der Waals surface area contributed by atoms with E-state index in [-0.39, 0.29) is 18.3 Å². The third-order valence-corrected chi connectivity index (χ3v) is 4.50. The number of carboxylic acids is 1. The largest absolute Gasteiger partial charge is 0.481 e. The molecule has 0 heterocycles. The van der Waals surface area contributed by atoms with Crippen molar-refractivity contribution in [2.75, 3.05) is 0 Å². The van der Waals surface area contributed by atoms with Crippen molar-refractivity contribution in [1.29, 1.82) is 0 Å². The summed E-state index contributed by atoms with van der Waals surface area (Å²) in [5.74, 6) is -0.375. The molecule has 0 unspecified atom stereocenters. The normalized spacial score (nSPS) is 12.3. The van der Waals surface area contributed by atoms with Crippen LogP contribution < -0.4 is 4.74 Å². The molecule has 1 aromatic rings. The van der Waals surface area contributed by atoms with Crippen LogP contribution in [0.2, 0.25) is 0 Å². The monoisotopic (exact) mass is 320 g/mol. The first-order valence-corrected chi connectivity index (χ1v) is 7.98. The second-order valence-electron chi connectivity index (χ2n) is 7.76. The fraction of sp³-hybridized carbons (Fsp3) is 0.579. The molecule has 4 heteroatoms. The second kappa shape index (κ2) is 7.16. The number of benzene rings is 1. The van der Waals surface area contributed by atoms with Gasteiger partial charge in [-0.15, -0.1) is 0 Å². The Morgan fingerprint density at radius 1 is 1.09 bits per heavy atom. The predicted octanol–water partition coefficient (Wildman–Crippen LogP) is 4.42. The number of carbonyl (C=O) groups is 2. The van der Waals surface area contributed by atoms with Gasteiger partial charge in [0.25, 0.3) is 0 Å². The molecular formula is C19H28O4. The number of hydrogen-bond acceptors (Lipinski definition) is 3. The molecule has 0 aliphatic rings. The van der Waals surface area contributed by atoms with E-state index in [0.29, 0.717) is 11.7 Å². The van der Waals surface area contributed by atoms with Gasteiger partial charge >= 0.3 is 11.9 Å². The highest BCUT2D eigenvalue weighted by molar-refractivity contribution is 5.75. The molecule has 0 radical (unpaired) electrons. The van der Waals surface area contributed by atoms with Crippen LogP contribution in [0.3, 0.4) is 0 Å². The lowest BCUT2D eigenvalue weighted by atomic mass is 9.75. The van der Waals surface area contributed by atoms with Crippen molar-refractivity contribution >= 4 is 11.9 Å². The molecule has 0 atom stereocenters. The number of esters is 1. The average Bonchev–Trinajstić information content (AvgIpc) is 2.36. The lowest BCUT2D eigenvalue weighted by Gasteiger charge is -2.31. The van der Waals surface area contributed by atoms with Gasteiger partial charge in [-0.2, -0.15) is 0 Å². The summed E-state index contributed by atoms with van der Waals surface area (Å²) in [6, 6.07) is 7.54. The Hall–Kier alpha value is -1.84. The first-order valence-electron chi connectivity index (χ1n) is 7.98. The zero-order valence-electron chi connectivity index (χ0n) is 15.0. The van der Waals surface area contributed by atoms with E-state index < -0.39 is 17.4 Å². The quantitative estimate of drug-likeness (QED) is 0.597. The summed E-state index contributed by atoms with van der Waals surface area (Å²) in [5, 5.41) is 8.91. The number of para-hydroxylation sites is 1. The molecule has 1 N–H and O–H groups in total. The summed E-state index contributed by atoms with van der Waals surface area (Å²) < 4.78 is 5.57. The average molecular weight is 320 g/mol. The summed E-state index contributed by atoms with van der Waals surface area (Å²) >= 11 is 0. The van der Waals surface area contributed by atoms with Gasteiger partial charge in [-0.05, 0) is 22.8 Å². The van der Waals surface area contributed by atoms with Crippen molar-refractivity contribution in [2.24, 2.45) is 11.3 Å². The lowest BCUT2D eigenvalue weighted by Crippen LogP contribution is -2.27. The molecule has 0 aromatic heterocycles. The van der Waals surface area contributed by atoms with Gasteiger partial charge in [0.1, 0.15) is 5.75 Å². The van der Waals surface area contributed by atoms with E-state index in [1.165, 1.54) is 0 Å². The van der Waals surface area contributed by atoms with Gasteiger partial charge in [0, 0.05) is 5.56 Å². The van der Waals surface area contributed by atoms with E-state index in [1.807, 2.05) is 18.2 Å². The number of ether oxygens (including phenoxy) is 1. The van der Waals surface area contributed by atoms with E-state index >= 15 is 0 Å². The van der Waals surface area contributed by atoms with Crippen molar-refractivity contribution in [3.05, 3.63) is 29.8 Å². The summed E-state index contributed by atoms with van der Waals surface area (Å²) in [6.45, 7) is 12.0. The van der Waals surface area contributed by atoms with Crippen molar-refractivity contribution in [3.8, 4) is 5.75 Å². The molecule has 0 bridgehead atoms. The Balaban J connectivity index is 2.94. The highest BCUT2D eigenvalue weighted by Gasteiger charge is 2.30. The van der Waals surface area contributed by atoms with E-state index in [1.54, 1.807) is 19.9 Å². The molecule has 1 aromatic carbocycles. The van der Waals surface area contributed by atoms with Crippen LogP contribution >= 0.6 is 0 Å². The third kappa shape index (κ3) is 5.38. The summed E-state index contributed by atoms with van der Waals surface area (Å²) in [4.78, 5) is 23.1. The van der Waals surface area contributed by atoms with Crippen LogP contribution in [-0.4, -0.2) is 17.0 Å². The fourth-order valence-electron chi connectivity index (χ4n) is 2.42. The minimum atomic E-state index is -0.913. The number of rotatable bonds is 7. The van der Waals surface area contributed by atoms with Crippen molar-refractivity contribution in [1.82, 2.24) is 0 Å². The van der Waals surface area contributed by atoms with Gasteiger partial charge < -0.3 is 9.84 Å². The molecule has 4 nitrogen and oxygen atoms in total. The SMILES string of the molecule is CC(C)C(C)(C)c1ccccc1OC(=O)CC(C)(C)CC(=O)O. The van der Waals surface area contributed by atoms with Gasteiger partial charge in [-0.1, -0.05) is 59.7 Å². The summed E-state index contributed by atoms with van der Waals surface area (Å²) in [7, 11) is 0. The minimum Gasteiger partial charge on any atom is -0.481 e. The second-order valence-corrected chi connectivity index (χ2v) is 7.76. The van der Waals surface area contributed by atoms with E-state index in [9.17, 15) is 9.59 Å². The first-order chi connectivity index (χ1) is 10.5. The Kier molecular flexibility index (Phi) is 5.98. The van der Waals surface area contributed by atoms with Crippen LogP contribution in [0, 0.1) is 11.3 Å². The molecule has 0 saturated heterocycles. The molecule has 128 valence electrons. The minimum absolute atomic E-state index is 0.0652. The molecule has 23 heavy (non-hydrogen) atoms. The van der Waals surface area contributed by atoms with E-state index in [2.05, 4.69) is 27.7 Å². The Labute approximate surface area is 138 Å². The lowest BCUT2D eigenvalue weighted by molar-refractivity contribution is -0.141. The zero-order chi connectivity index (χ0) is 17.8. The third-order valence-electron chi connectivity index (χ3n) is 4.50. The van der Waals surface area contributed by atoms with Gasteiger partial charge in [0.2, 0.25) is 0 Å². The van der Waals surface area contributed by atoms with Crippen molar-refractivity contribution in [3.63, 3.8) is 0 Å². The molecular weight excluding hydrogens is 292 g/mol. The summed E-state index contributed by atoms with van der Waals surface area (Å²) in [6.07, 6.45) is -0.00300. The van der Waals surface area contributed by atoms with Crippen LogP contribution in [0.25, 0.3) is 0 Å². The van der Waals surface area contributed by atoms with Gasteiger partial charge in [0.05, 0.1) is 12.8 Å². The number of carbonyl (C=O) groups excluding carboxylic acids is 1. The number of carboxylic acid groups (broad SMARTS) is 1. The number of hydrogen-bond donors (Lipinski definition) is 1. The van der Waals surface area contributed by atoms with Crippen LogP contribution in [0.4, 0.5) is 0 Å². The van der Waals surface area contributed by atoms with Crippen LogP contribution in [0.1, 0.15) is 59.9 Å². The van der Waals surface area contributed by atoms with Crippen LogP contribution in [0.5, 0.6) is 5.75 Å². The topological polar surface area (TPSA) is 63.6 Å². The molecule has 0 amide bonds. The first kappa shape index (κ1) is 19.2. The highest BCUT2D eigenvalue weighted by Crippen LogP contribution is 2.37. The Morgan fingerprint density at radius 2 is 1.65 bits per heavy atom. The predicted molar refractivity (Wildman–Crippen MR) is 90.6 cm³/mol. The highest BCUT2D eigenvalue weighted by atomic mass is 16.5. The fourth-order valence-corrected chi connectivity index (χ4v) is 2.42.